The standard InChI is InChI=1S/C17H20FN3O2/c1-10(16(22)11-6-8-12(18)9-7-11)19-17(23)15-13-4-2-3-5-14(13)20-21-15/h6-10,16,22H,2-5H2,1H3,(H,19,23)(H,20,21). The maximum absolute atomic E-state index is 12.9. The lowest BCUT2D eigenvalue weighted by Crippen LogP contribution is -2.37. The second-order valence-electron chi connectivity index (χ2n) is 5.99. The van der Waals surface area contributed by atoms with Crippen LogP contribution in [0.15, 0.2) is 24.3 Å². The molecule has 1 aromatic carbocycles. The van der Waals surface area contributed by atoms with Gasteiger partial charge >= 0.3 is 0 Å². The average Bonchev–Trinajstić information content (AvgIpc) is 2.99. The van der Waals surface area contributed by atoms with E-state index in [1.54, 1.807) is 6.92 Å². The van der Waals surface area contributed by atoms with Crippen molar-refractivity contribution < 1.29 is 14.3 Å². The van der Waals surface area contributed by atoms with E-state index >= 15 is 0 Å². The molecule has 0 fully saturated rings. The summed E-state index contributed by atoms with van der Waals surface area (Å²) in [4.78, 5) is 12.4. The highest BCUT2D eigenvalue weighted by molar-refractivity contribution is 5.94. The second-order valence-corrected chi connectivity index (χ2v) is 5.99. The van der Waals surface area contributed by atoms with E-state index in [-0.39, 0.29) is 11.7 Å². The first-order valence-electron chi connectivity index (χ1n) is 7.87. The molecule has 2 unspecified atom stereocenters. The van der Waals surface area contributed by atoms with Crippen molar-refractivity contribution in [1.29, 1.82) is 0 Å². The molecule has 0 spiro atoms. The zero-order valence-electron chi connectivity index (χ0n) is 13.0. The molecule has 6 heteroatoms. The molecule has 0 saturated carbocycles. The molecule has 2 aromatic rings. The monoisotopic (exact) mass is 317 g/mol. The number of carbonyl (C=O) groups is 1. The topological polar surface area (TPSA) is 78.0 Å². The van der Waals surface area contributed by atoms with Crippen LogP contribution in [0.25, 0.3) is 0 Å². The number of nitrogens with one attached hydrogen (secondary N) is 2. The average molecular weight is 317 g/mol. The number of aromatic amines is 1. The first-order valence-corrected chi connectivity index (χ1v) is 7.87. The zero-order chi connectivity index (χ0) is 16.4. The van der Waals surface area contributed by atoms with Crippen LogP contribution in [0.2, 0.25) is 0 Å². The molecule has 1 aliphatic rings. The molecule has 0 aliphatic heterocycles. The lowest BCUT2D eigenvalue weighted by atomic mass is 9.95. The number of aliphatic hydroxyl groups is 1. The summed E-state index contributed by atoms with van der Waals surface area (Å²) in [5, 5.41) is 20.1. The largest absolute Gasteiger partial charge is 0.386 e. The third-order valence-electron chi connectivity index (χ3n) is 4.32. The molecule has 122 valence electrons. The molecule has 5 nitrogen and oxygen atoms in total. The van der Waals surface area contributed by atoms with E-state index in [1.807, 2.05) is 0 Å². The van der Waals surface area contributed by atoms with Gasteiger partial charge in [0.25, 0.3) is 5.91 Å². The van der Waals surface area contributed by atoms with Gasteiger partial charge in [0, 0.05) is 11.3 Å². The number of nitrogens with zero attached hydrogens (tertiary/aromatic N) is 1. The number of halogens is 1. The Morgan fingerprint density at radius 2 is 2.00 bits per heavy atom. The molecule has 1 amide bonds. The molecule has 1 aromatic heterocycles. The Morgan fingerprint density at radius 3 is 2.74 bits per heavy atom. The number of amides is 1. The Kier molecular flexibility index (Phi) is 4.43. The SMILES string of the molecule is CC(NC(=O)c1n[nH]c2c1CCCC2)C(O)c1ccc(F)cc1. The molecule has 1 aliphatic carbocycles. The summed E-state index contributed by atoms with van der Waals surface area (Å²) in [6.45, 7) is 1.71. The molecule has 0 radical (unpaired) electrons. The van der Waals surface area contributed by atoms with Crippen molar-refractivity contribution in [3.05, 3.63) is 52.6 Å². The van der Waals surface area contributed by atoms with Gasteiger partial charge in [0.2, 0.25) is 0 Å². The van der Waals surface area contributed by atoms with Crippen molar-refractivity contribution in [2.45, 2.75) is 44.8 Å². The summed E-state index contributed by atoms with van der Waals surface area (Å²) in [5.74, 6) is -0.654. The molecule has 1 heterocycles. The molecular weight excluding hydrogens is 297 g/mol. The van der Waals surface area contributed by atoms with E-state index < -0.39 is 12.1 Å². The van der Waals surface area contributed by atoms with Gasteiger partial charge in [-0.2, -0.15) is 5.10 Å². The number of hydrogen-bond donors (Lipinski definition) is 3. The van der Waals surface area contributed by atoms with Crippen molar-refractivity contribution in [2.75, 3.05) is 0 Å². The van der Waals surface area contributed by atoms with Gasteiger partial charge in [0.05, 0.1) is 12.1 Å². The Bertz CT molecular complexity index is 696. The minimum absolute atomic E-state index is 0.293. The quantitative estimate of drug-likeness (QED) is 0.809. The van der Waals surface area contributed by atoms with Crippen molar-refractivity contribution in [2.24, 2.45) is 0 Å². The fraction of sp³-hybridized carbons (Fsp3) is 0.412. The van der Waals surface area contributed by atoms with E-state index in [4.69, 9.17) is 0 Å². The lowest BCUT2D eigenvalue weighted by molar-refractivity contribution is 0.0846. The summed E-state index contributed by atoms with van der Waals surface area (Å²) in [6, 6.07) is 5.09. The highest BCUT2D eigenvalue weighted by atomic mass is 19.1. The minimum atomic E-state index is -0.908. The van der Waals surface area contributed by atoms with Crippen LogP contribution in [0.3, 0.4) is 0 Å². The number of H-pyrrole nitrogens is 1. The highest BCUT2D eigenvalue weighted by Gasteiger charge is 2.25. The summed E-state index contributed by atoms with van der Waals surface area (Å²) < 4.78 is 12.9. The van der Waals surface area contributed by atoms with Crippen LogP contribution in [0.4, 0.5) is 4.39 Å². The lowest BCUT2D eigenvalue weighted by Gasteiger charge is -2.20. The maximum atomic E-state index is 12.9. The van der Waals surface area contributed by atoms with Crippen molar-refractivity contribution >= 4 is 5.91 Å². The first-order chi connectivity index (χ1) is 11.1. The molecule has 3 rings (SSSR count). The number of benzene rings is 1. The molecule has 0 bridgehead atoms. The molecule has 23 heavy (non-hydrogen) atoms. The summed E-state index contributed by atoms with van der Waals surface area (Å²) in [6.07, 6.45) is 3.03. The predicted octanol–water partition coefficient (Wildman–Crippen LogP) is 2.28. The van der Waals surface area contributed by atoms with E-state index in [9.17, 15) is 14.3 Å². The van der Waals surface area contributed by atoms with E-state index in [0.717, 1.165) is 36.9 Å². The minimum Gasteiger partial charge on any atom is -0.386 e. The van der Waals surface area contributed by atoms with Crippen LogP contribution >= 0.6 is 0 Å². The Hall–Kier alpha value is -2.21. The fourth-order valence-electron chi connectivity index (χ4n) is 2.97. The number of fused-ring (bicyclic) bond motifs is 1. The maximum Gasteiger partial charge on any atom is 0.272 e. The third kappa shape index (κ3) is 3.27. The van der Waals surface area contributed by atoms with Crippen LogP contribution in [-0.2, 0) is 12.8 Å². The summed E-state index contributed by atoms with van der Waals surface area (Å²) >= 11 is 0. The Balaban J connectivity index is 1.69. The van der Waals surface area contributed by atoms with Gasteiger partial charge in [-0.25, -0.2) is 4.39 Å². The first kappa shape index (κ1) is 15.7. The zero-order valence-corrected chi connectivity index (χ0v) is 13.0. The summed E-state index contributed by atoms with van der Waals surface area (Å²) in [5.41, 5.74) is 2.99. The van der Waals surface area contributed by atoms with Crippen LogP contribution in [0, 0.1) is 5.82 Å². The third-order valence-corrected chi connectivity index (χ3v) is 4.32. The van der Waals surface area contributed by atoms with E-state index in [2.05, 4.69) is 15.5 Å². The van der Waals surface area contributed by atoms with Gasteiger partial charge < -0.3 is 10.4 Å². The summed E-state index contributed by atoms with van der Waals surface area (Å²) in [7, 11) is 0. The molecular formula is C17H20FN3O2. The normalized spacial score (nSPS) is 16.5. The number of carbonyl (C=O) groups excluding carboxylic acids is 1. The Morgan fingerprint density at radius 1 is 1.30 bits per heavy atom. The van der Waals surface area contributed by atoms with Crippen LogP contribution in [0.5, 0.6) is 0 Å². The van der Waals surface area contributed by atoms with Gasteiger partial charge in [-0.15, -0.1) is 0 Å². The van der Waals surface area contributed by atoms with Crippen molar-refractivity contribution in [1.82, 2.24) is 15.5 Å². The van der Waals surface area contributed by atoms with E-state index in [0.29, 0.717) is 11.3 Å². The van der Waals surface area contributed by atoms with Crippen molar-refractivity contribution in [3.63, 3.8) is 0 Å². The molecule has 2 atom stereocenters. The predicted molar refractivity (Wildman–Crippen MR) is 83.5 cm³/mol. The van der Waals surface area contributed by atoms with Crippen LogP contribution in [-0.4, -0.2) is 27.3 Å². The molecule has 3 N–H and O–H groups in total. The molecule has 0 saturated heterocycles. The van der Waals surface area contributed by atoms with Crippen LogP contribution < -0.4 is 5.32 Å². The second kappa shape index (κ2) is 6.50. The van der Waals surface area contributed by atoms with Gasteiger partial charge in [0.1, 0.15) is 5.82 Å². The van der Waals surface area contributed by atoms with Crippen molar-refractivity contribution in [3.8, 4) is 0 Å². The van der Waals surface area contributed by atoms with Gasteiger partial charge in [-0.05, 0) is 50.3 Å². The van der Waals surface area contributed by atoms with Gasteiger partial charge in [0.15, 0.2) is 5.69 Å². The van der Waals surface area contributed by atoms with E-state index in [1.165, 1.54) is 24.3 Å². The van der Waals surface area contributed by atoms with Crippen LogP contribution in [0.1, 0.15) is 53.2 Å². The Labute approximate surface area is 133 Å². The van der Waals surface area contributed by atoms with Gasteiger partial charge in [-0.3, -0.25) is 9.89 Å². The number of hydrogen-bond acceptors (Lipinski definition) is 3. The number of aryl methyl sites for hydroxylation is 1. The van der Waals surface area contributed by atoms with Gasteiger partial charge in [-0.1, -0.05) is 12.1 Å². The number of aliphatic hydroxyl groups excluding tert-OH is 1. The number of rotatable bonds is 4. The fourth-order valence-corrected chi connectivity index (χ4v) is 2.97. The smallest absolute Gasteiger partial charge is 0.272 e. The number of aromatic nitrogens is 2. The highest BCUT2D eigenvalue weighted by Crippen LogP contribution is 2.23.